The van der Waals surface area contributed by atoms with Crippen molar-refractivity contribution in [1.29, 1.82) is 0 Å². The third kappa shape index (κ3) is 2.00. The number of hydrogen-bond donors (Lipinski definition) is 2. The zero-order chi connectivity index (χ0) is 11.8. The van der Waals surface area contributed by atoms with Gasteiger partial charge in [0.05, 0.1) is 4.90 Å². The van der Waals surface area contributed by atoms with Crippen LogP contribution in [0.5, 0.6) is 0 Å². The maximum Gasteiger partial charge on any atom is 0.216 e. The minimum absolute atomic E-state index is 0.217. The average molecular weight is 238 g/mol. The van der Waals surface area contributed by atoms with E-state index < -0.39 is 10.6 Å². The second kappa shape index (κ2) is 3.97. The summed E-state index contributed by atoms with van der Waals surface area (Å²) in [5.74, 6) is 0.669. The third-order valence-corrected chi connectivity index (χ3v) is 4.06. The van der Waals surface area contributed by atoms with Crippen molar-refractivity contribution in [2.75, 3.05) is 0 Å². The molecule has 0 aliphatic rings. The standard InChI is InChI=1S/C12H14O3S/c1-9-3-6-11(7-4-9)16(13,14)12-8-5-10(2)15-12/h3-8,13-14H,1-2H3. The van der Waals surface area contributed by atoms with E-state index in [0.29, 0.717) is 10.7 Å². The molecule has 0 aliphatic carbocycles. The van der Waals surface area contributed by atoms with Crippen molar-refractivity contribution in [2.24, 2.45) is 0 Å². The van der Waals surface area contributed by atoms with Gasteiger partial charge in [0.2, 0.25) is 5.09 Å². The highest BCUT2D eigenvalue weighted by molar-refractivity contribution is 8.24. The van der Waals surface area contributed by atoms with Crippen molar-refractivity contribution >= 4 is 10.6 Å². The summed E-state index contributed by atoms with van der Waals surface area (Å²) in [6.45, 7) is 3.72. The Morgan fingerprint density at radius 2 is 1.56 bits per heavy atom. The largest absolute Gasteiger partial charge is 0.446 e. The molecule has 0 unspecified atom stereocenters. The minimum atomic E-state index is -3.00. The Morgan fingerprint density at radius 1 is 0.938 bits per heavy atom. The highest BCUT2D eigenvalue weighted by Crippen LogP contribution is 2.55. The van der Waals surface area contributed by atoms with Crippen molar-refractivity contribution in [1.82, 2.24) is 0 Å². The predicted octanol–water partition coefficient (Wildman–Crippen LogP) is 4.07. The fourth-order valence-electron chi connectivity index (χ4n) is 1.41. The van der Waals surface area contributed by atoms with Crippen molar-refractivity contribution < 1.29 is 13.5 Å². The molecule has 2 N–H and O–H groups in total. The molecule has 0 saturated heterocycles. The Labute approximate surface area is 96.1 Å². The Balaban J connectivity index is 2.42. The van der Waals surface area contributed by atoms with Crippen LogP contribution in [0.3, 0.4) is 0 Å². The lowest BCUT2D eigenvalue weighted by Crippen LogP contribution is -1.97. The molecule has 0 bridgehead atoms. The van der Waals surface area contributed by atoms with E-state index in [1.165, 1.54) is 0 Å². The molecule has 1 aromatic carbocycles. The van der Waals surface area contributed by atoms with E-state index in [4.69, 9.17) is 4.42 Å². The number of hydrogen-bond acceptors (Lipinski definition) is 3. The molecule has 1 heterocycles. The molecule has 0 amide bonds. The molecule has 2 rings (SSSR count). The van der Waals surface area contributed by atoms with Gasteiger partial charge >= 0.3 is 0 Å². The lowest BCUT2D eigenvalue weighted by molar-refractivity contribution is 0.392. The number of benzene rings is 1. The molecule has 0 spiro atoms. The molecule has 3 nitrogen and oxygen atoms in total. The van der Waals surface area contributed by atoms with Crippen molar-refractivity contribution in [3.05, 3.63) is 47.7 Å². The molecule has 86 valence electrons. The molecule has 1 aromatic heterocycles. The summed E-state index contributed by atoms with van der Waals surface area (Å²) in [5, 5.41) is 0.217. The van der Waals surface area contributed by atoms with E-state index in [-0.39, 0.29) is 5.09 Å². The summed E-state index contributed by atoms with van der Waals surface area (Å²) in [6.07, 6.45) is 0. The lowest BCUT2D eigenvalue weighted by atomic mass is 10.2. The Kier molecular flexibility index (Phi) is 2.80. The van der Waals surface area contributed by atoms with Gasteiger partial charge in [0.1, 0.15) is 5.76 Å². The van der Waals surface area contributed by atoms with E-state index in [9.17, 15) is 9.11 Å². The fourth-order valence-corrected chi connectivity index (χ4v) is 2.66. The van der Waals surface area contributed by atoms with Gasteiger partial charge in [-0.1, -0.05) is 17.7 Å². The van der Waals surface area contributed by atoms with Crippen LogP contribution < -0.4 is 0 Å². The highest BCUT2D eigenvalue weighted by atomic mass is 32.3. The summed E-state index contributed by atoms with van der Waals surface area (Å²) in [4.78, 5) is 0.479. The molecular weight excluding hydrogens is 224 g/mol. The van der Waals surface area contributed by atoms with Gasteiger partial charge in [0.15, 0.2) is 0 Å². The van der Waals surface area contributed by atoms with Crippen molar-refractivity contribution in [3.63, 3.8) is 0 Å². The van der Waals surface area contributed by atoms with E-state index in [1.54, 1.807) is 31.2 Å². The SMILES string of the molecule is Cc1ccc(S(O)(O)c2ccc(C)o2)cc1. The van der Waals surface area contributed by atoms with Gasteiger partial charge in [0.25, 0.3) is 0 Å². The molecule has 4 heteroatoms. The first kappa shape index (κ1) is 11.3. The van der Waals surface area contributed by atoms with Crippen LogP contribution in [-0.4, -0.2) is 9.11 Å². The Morgan fingerprint density at radius 3 is 2.06 bits per heavy atom. The summed E-state index contributed by atoms with van der Waals surface area (Å²) in [5.41, 5.74) is 1.08. The van der Waals surface area contributed by atoms with Crippen LogP contribution >= 0.6 is 10.6 Å². The minimum Gasteiger partial charge on any atom is -0.446 e. The summed E-state index contributed by atoms with van der Waals surface area (Å²) >= 11 is 0. The zero-order valence-electron chi connectivity index (χ0n) is 9.18. The first-order valence-electron chi connectivity index (χ1n) is 4.91. The van der Waals surface area contributed by atoms with Gasteiger partial charge in [-0.3, -0.25) is 9.11 Å². The normalized spacial score (nSPS) is 12.8. The summed E-state index contributed by atoms with van der Waals surface area (Å²) in [6, 6.07) is 10.4. The predicted molar refractivity (Wildman–Crippen MR) is 64.0 cm³/mol. The van der Waals surface area contributed by atoms with Crippen LogP contribution in [0.25, 0.3) is 0 Å². The fraction of sp³-hybridized carbons (Fsp3) is 0.167. The monoisotopic (exact) mass is 238 g/mol. The molecule has 0 radical (unpaired) electrons. The van der Waals surface area contributed by atoms with Crippen molar-refractivity contribution in [3.8, 4) is 0 Å². The number of aryl methyl sites for hydroxylation is 2. The maximum absolute atomic E-state index is 10.1. The van der Waals surface area contributed by atoms with Gasteiger partial charge < -0.3 is 4.42 Å². The maximum atomic E-state index is 10.1. The van der Waals surface area contributed by atoms with Gasteiger partial charge in [-0.05, 0) is 32.0 Å². The van der Waals surface area contributed by atoms with Crippen LogP contribution in [-0.2, 0) is 0 Å². The first-order valence-corrected chi connectivity index (χ1v) is 6.46. The summed E-state index contributed by atoms with van der Waals surface area (Å²) in [7, 11) is -3.00. The number of furan rings is 1. The van der Waals surface area contributed by atoms with E-state index >= 15 is 0 Å². The summed E-state index contributed by atoms with van der Waals surface area (Å²) < 4.78 is 25.5. The average Bonchev–Trinajstić information content (AvgIpc) is 2.66. The van der Waals surface area contributed by atoms with Gasteiger partial charge in [-0.2, -0.15) is 0 Å². The van der Waals surface area contributed by atoms with Crippen LogP contribution in [0.4, 0.5) is 0 Å². The second-order valence-corrected chi connectivity index (χ2v) is 5.70. The molecule has 16 heavy (non-hydrogen) atoms. The van der Waals surface area contributed by atoms with E-state index in [2.05, 4.69) is 0 Å². The van der Waals surface area contributed by atoms with Crippen LogP contribution in [0.15, 0.2) is 50.8 Å². The molecule has 0 fully saturated rings. The second-order valence-electron chi connectivity index (χ2n) is 3.73. The Bertz CT molecular complexity index is 485. The molecule has 2 aromatic rings. The van der Waals surface area contributed by atoms with Crippen LogP contribution in [0.1, 0.15) is 11.3 Å². The third-order valence-electron chi connectivity index (χ3n) is 2.35. The zero-order valence-corrected chi connectivity index (χ0v) is 9.99. The van der Waals surface area contributed by atoms with Crippen molar-refractivity contribution in [2.45, 2.75) is 23.8 Å². The van der Waals surface area contributed by atoms with Crippen LogP contribution in [0.2, 0.25) is 0 Å². The molecule has 0 aliphatic heterocycles. The van der Waals surface area contributed by atoms with E-state index in [0.717, 1.165) is 5.56 Å². The molecular formula is C12H14O3S. The molecule has 0 atom stereocenters. The quantitative estimate of drug-likeness (QED) is 0.829. The molecule has 0 saturated carbocycles. The Hall–Kier alpha value is -1.23. The topological polar surface area (TPSA) is 53.6 Å². The van der Waals surface area contributed by atoms with Gasteiger partial charge in [-0.15, -0.1) is 10.6 Å². The smallest absolute Gasteiger partial charge is 0.216 e. The van der Waals surface area contributed by atoms with E-state index in [1.807, 2.05) is 19.1 Å². The van der Waals surface area contributed by atoms with Gasteiger partial charge in [0, 0.05) is 6.07 Å². The number of rotatable bonds is 2. The van der Waals surface area contributed by atoms with Gasteiger partial charge in [-0.25, -0.2) is 0 Å². The van der Waals surface area contributed by atoms with Crippen LogP contribution in [0, 0.1) is 13.8 Å². The lowest BCUT2D eigenvalue weighted by Gasteiger charge is -2.29. The highest BCUT2D eigenvalue weighted by Gasteiger charge is 2.21. The first-order chi connectivity index (χ1) is 7.50.